The van der Waals surface area contributed by atoms with E-state index in [1.54, 1.807) is 0 Å². The molecule has 20 heavy (non-hydrogen) atoms. The van der Waals surface area contributed by atoms with E-state index < -0.39 is 5.79 Å². The second-order valence-corrected chi connectivity index (χ2v) is 7.14. The Morgan fingerprint density at radius 2 is 2.10 bits per heavy atom. The van der Waals surface area contributed by atoms with E-state index in [9.17, 15) is 4.79 Å². The van der Waals surface area contributed by atoms with Gasteiger partial charge in [-0.3, -0.25) is 4.79 Å². The Hall–Kier alpha value is -0.180. The molecule has 0 N–H and O–H groups in total. The number of amides is 1. The molecule has 0 radical (unpaired) electrons. The summed E-state index contributed by atoms with van der Waals surface area (Å²) in [6.07, 6.45) is 1.78. The fourth-order valence-corrected chi connectivity index (χ4v) is 3.65. The number of piperidine rings is 1. The van der Waals surface area contributed by atoms with Crippen molar-refractivity contribution in [2.75, 3.05) is 26.3 Å². The number of hydrogen-bond donors (Lipinski definition) is 0. The van der Waals surface area contributed by atoms with Crippen molar-refractivity contribution >= 4 is 44.4 Å². The first-order valence-electron chi connectivity index (χ1n) is 6.62. The van der Waals surface area contributed by atoms with Gasteiger partial charge in [-0.15, -0.1) is 0 Å². The third-order valence-corrected chi connectivity index (χ3v) is 5.11. The van der Waals surface area contributed by atoms with Crippen molar-refractivity contribution in [2.24, 2.45) is 0 Å². The van der Waals surface area contributed by atoms with E-state index in [1.807, 2.05) is 23.1 Å². The number of ether oxygens (including phenoxy) is 2. The Morgan fingerprint density at radius 1 is 1.35 bits per heavy atom. The van der Waals surface area contributed by atoms with Gasteiger partial charge in [-0.1, -0.05) is 15.9 Å². The van der Waals surface area contributed by atoms with Crippen LogP contribution in [0.25, 0.3) is 0 Å². The average Bonchev–Trinajstić information content (AvgIpc) is 2.88. The second-order valence-electron chi connectivity index (χ2n) is 5.06. The molecule has 0 saturated carbocycles. The molecular weight excluding hydrogens is 437 g/mol. The molecule has 1 aromatic carbocycles. The molecule has 2 aliphatic rings. The first-order chi connectivity index (χ1) is 9.60. The predicted octanol–water partition coefficient (Wildman–Crippen LogP) is 3.03. The second kappa shape index (κ2) is 5.90. The molecule has 3 rings (SSSR count). The normalized spacial score (nSPS) is 21.4. The van der Waals surface area contributed by atoms with Crippen LogP contribution in [0.15, 0.2) is 22.7 Å². The van der Waals surface area contributed by atoms with E-state index in [-0.39, 0.29) is 5.91 Å². The SMILES string of the molecule is O=C(c1cc(Br)ccc1I)N1CCCC2(C1)OCCO2. The molecule has 108 valence electrons. The van der Waals surface area contributed by atoms with Crippen molar-refractivity contribution in [3.8, 4) is 0 Å². The van der Waals surface area contributed by atoms with E-state index in [0.29, 0.717) is 19.8 Å². The van der Waals surface area contributed by atoms with Crippen molar-refractivity contribution in [3.63, 3.8) is 0 Å². The summed E-state index contributed by atoms with van der Waals surface area (Å²) >= 11 is 5.62. The number of nitrogens with zero attached hydrogens (tertiary/aromatic N) is 1. The molecule has 2 saturated heterocycles. The van der Waals surface area contributed by atoms with Gasteiger partial charge in [0.05, 0.1) is 25.3 Å². The summed E-state index contributed by atoms with van der Waals surface area (Å²) in [4.78, 5) is 14.5. The fraction of sp³-hybridized carbons (Fsp3) is 0.500. The first kappa shape index (κ1) is 14.7. The molecule has 2 fully saturated rings. The molecule has 0 atom stereocenters. The van der Waals surface area contributed by atoms with Crippen molar-refractivity contribution in [3.05, 3.63) is 31.8 Å². The van der Waals surface area contributed by atoms with E-state index in [0.717, 1.165) is 33.0 Å². The molecule has 4 nitrogen and oxygen atoms in total. The fourth-order valence-electron chi connectivity index (χ4n) is 2.73. The summed E-state index contributed by atoms with van der Waals surface area (Å²) in [5.41, 5.74) is 0.732. The first-order valence-corrected chi connectivity index (χ1v) is 8.49. The van der Waals surface area contributed by atoms with Crippen LogP contribution in [-0.4, -0.2) is 42.9 Å². The van der Waals surface area contributed by atoms with Gasteiger partial charge in [0.2, 0.25) is 0 Å². The minimum atomic E-state index is -0.564. The smallest absolute Gasteiger partial charge is 0.255 e. The van der Waals surface area contributed by atoms with Crippen LogP contribution in [-0.2, 0) is 9.47 Å². The van der Waals surface area contributed by atoms with E-state index in [4.69, 9.17) is 9.47 Å². The molecule has 0 unspecified atom stereocenters. The lowest BCUT2D eigenvalue weighted by Gasteiger charge is -2.38. The predicted molar refractivity (Wildman–Crippen MR) is 86.6 cm³/mol. The molecule has 1 spiro atoms. The van der Waals surface area contributed by atoms with Gasteiger partial charge in [0.25, 0.3) is 5.91 Å². The van der Waals surface area contributed by atoms with Crippen LogP contribution in [0, 0.1) is 3.57 Å². The Balaban J connectivity index is 1.81. The maximum Gasteiger partial charge on any atom is 0.255 e. The highest BCUT2D eigenvalue weighted by atomic mass is 127. The number of halogens is 2. The number of hydrogen-bond acceptors (Lipinski definition) is 3. The van der Waals surface area contributed by atoms with Gasteiger partial charge in [-0.05, 0) is 47.2 Å². The van der Waals surface area contributed by atoms with Gasteiger partial charge in [-0.25, -0.2) is 0 Å². The molecule has 2 aliphatic heterocycles. The molecule has 1 amide bonds. The maximum atomic E-state index is 12.7. The standard InChI is InChI=1S/C14H15BrINO3/c15-10-2-3-12(16)11(8-10)13(18)17-5-1-4-14(9-17)19-6-7-20-14/h2-3,8H,1,4-7,9H2. The zero-order valence-corrected chi connectivity index (χ0v) is 14.6. The summed E-state index contributed by atoms with van der Waals surface area (Å²) in [7, 11) is 0. The lowest BCUT2D eigenvalue weighted by molar-refractivity contribution is -0.183. The van der Waals surface area contributed by atoms with E-state index >= 15 is 0 Å². The van der Waals surface area contributed by atoms with Gasteiger partial charge in [0.1, 0.15) is 0 Å². The molecule has 0 aliphatic carbocycles. The van der Waals surface area contributed by atoms with Gasteiger partial charge >= 0.3 is 0 Å². The van der Waals surface area contributed by atoms with E-state index in [1.165, 1.54) is 0 Å². The van der Waals surface area contributed by atoms with Crippen LogP contribution in [0.2, 0.25) is 0 Å². The lowest BCUT2D eigenvalue weighted by atomic mass is 10.0. The molecule has 0 aromatic heterocycles. The van der Waals surface area contributed by atoms with Gasteiger partial charge in [0, 0.05) is 21.0 Å². The van der Waals surface area contributed by atoms with Gasteiger partial charge < -0.3 is 14.4 Å². The minimum Gasteiger partial charge on any atom is -0.346 e. The summed E-state index contributed by atoms with van der Waals surface area (Å²) in [5, 5.41) is 0. The van der Waals surface area contributed by atoms with Crippen LogP contribution < -0.4 is 0 Å². The largest absolute Gasteiger partial charge is 0.346 e. The van der Waals surface area contributed by atoms with Crippen LogP contribution >= 0.6 is 38.5 Å². The van der Waals surface area contributed by atoms with Gasteiger partial charge in [0.15, 0.2) is 5.79 Å². The molecule has 6 heteroatoms. The lowest BCUT2D eigenvalue weighted by Crippen LogP contribution is -2.51. The maximum absolute atomic E-state index is 12.7. The van der Waals surface area contributed by atoms with E-state index in [2.05, 4.69) is 38.5 Å². The Bertz CT molecular complexity index is 531. The molecule has 0 bridgehead atoms. The Labute approximate surface area is 140 Å². The summed E-state index contributed by atoms with van der Waals surface area (Å²) < 4.78 is 13.3. The summed E-state index contributed by atoms with van der Waals surface area (Å²) in [6, 6.07) is 5.77. The number of benzene rings is 1. The van der Waals surface area contributed by atoms with Gasteiger partial charge in [-0.2, -0.15) is 0 Å². The zero-order chi connectivity index (χ0) is 14.2. The minimum absolute atomic E-state index is 0.0499. The van der Waals surface area contributed by atoms with Crippen LogP contribution in [0.1, 0.15) is 23.2 Å². The van der Waals surface area contributed by atoms with Crippen LogP contribution in [0.5, 0.6) is 0 Å². The molecular formula is C14H15BrINO3. The molecule has 1 aromatic rings. The highest BCUT2D eigenvalue weighted by Gasteiger charge is 2.42. The summed E-state index contributed by atoms with van der Waals surface area (Å²) in [6.45, 7) is 2.53. The zero-order valence-electron chi connectivity index (χ0n) is 10.9. The third kappa shape index (κ3) is 2.88. The quantitative estimate of drug-likeness (QED) is 0.616. The number of carbonyl (C=O) groups excluding carboxylic acids is 1. The molecule has 2 heterocycles. The summed E-state index contributed by atoms with van der Waals surface area (Å²) in [5.74, 6) is -0.514. The van der Waals surface area contributed by atoms with Crippen molar-refractivity contribution in [2.45, 2.75) is 18.6 Å². The topological polar surface area (TPSA) is 38.8 Å². The highest BCUT2D eigenvalue weighted by Crippen LogP contribution is 2.31. The number of likely N-dealkylation sites (tertiary alicyclic amines) is 1. The van der Waals surface area contributed by atoms with Crippen molar-refractivity contribution in [1.82, 2.24) is 4.90 Å². The van der Waals surface area contributed by atoms with Crippen molar-refractivity contribution in [1.29, 1.82) is 0 Å². The Morgan fingerprint density at radius 3 is 2.85 bits per heavy atom. The number of carbonyl (C=O) groups is 1. The monoisotopic (exact) mass is 451 g/mol. The van der Waals surface area contributed by atoms with Crippen LogP contribution in [0.4, 0.5) is 0 Å². The Kier molecular flexibility index (Phi) is 4.35. The van der Waals surface area contributed by atoms with Crippen LogP contribution in [0.3, 0.4) is 0 Å². The average molecular weight is 452 g/mol. The highest BCUT2D eigenvalue weighted by molar-refractivity contribution is 14.1. The third-order valence-electron chi connectivity index (χ3n) is 3.68. The van der Waals surface area contributed by atoms with Crippen molar-refractivity contribution < 1.29 is 14.3 Å². The number of rotatable bonds is 1.